The van der Waals surface area contributed by atoms with Gasteiger partial charge in [-0.2, -0.15) is 0 Å². The first-order chi connectivity index (χ1) is 6.77. The first-order valence-electron chi connectivity index (χ1n) is 5.97. The van der Waals surface area contributed by atoms with E-state index in [-0.39, 0.29) is 57.8 Å². The van der Waals surface area contributed by atoms with E-state index in [1.54, 1.807) is 0 Å². The summed E-state index contributed by atoms with van der Waals surface area (Å²) in [5, 5.41) is 10.1. The topological polar surface area (TPSA) is 40.1 Å². The average Bonchev–Trinajstić information content (AvgIpc) is 2.15. The molecule has 0 saturated carbocycles. The zero-order valence-electron chi connectivity index (χ0n) is 10.4. The normalized spacial score (nSPS) is 9.67. The largest absolute Gasteiger partial charge is 1.00 e. The Hall–Kier alpha value is 1.11. The summed E-state index contributed by atoms with van der Waals surface area (Å²) in [5.41, 5.74) is 0. The molecule has 0 radical (unpaired) electrons. The maximum absolute atomic E-state index is 10.1. The van der Waals surface area contributed by atoms with Crippen molar-refractivity contribution in [2.45, 2.75) is 71.1 Å². The Morgan fingerprint density at radius 3 is 1.67 bits per heavy atom. The van der Waals surface area contributed by atoms with E-state index in [2.05, 4.69) is 6.92 Å². The molecule has 0 bridgehead atoms. The zero-order valence-corrected chi connectivity index (χ0v) is 13.5. The predicted octanol–water partition coefficient (Wildman–Crippen LogP) is -0.339. The van der Waals surface area contributed by atoms with E-state index in [0.29, 0.717) is 0 Å². The summed E-state index contributed by atoms with van der Waals surface area (Å²) in [7, 11) is 0. The molecular formula is C12H23KO2. The molecule has 0 aromatic carbocycles. The summed E-state index contributed by atoms with van der Waals surface area (Å²) in [6.07, 6.45) is 11.2. The van der Waals surface area contributed by atoms with Crippen LogP contribution in [0.4, 0.5) is 0 Å². The SMILES string of the molecule is CCCCCCCCCCCC(=O)[O-].[K+]. The van der Waals surface area contributed by atoms with Crippen molar-refractivity contribution in [1.29, 1.82) is 0 Å². The van der Waals surface area contributed by atoms with Crippen molar-refractivity contribution in [3.05, 3.63) is 0 Å². The summed E-state index contributed by atoms with van der Waals surface area (Å²) in [6, 6.07) is 0. The number of carbonyl (C=O) groups is 1. The molecule has 15 heavy (non-hydrogen) atoms. The van der Waals surface area contributed by atoms with Crippen molar-refractivity contribution in [3.8, 4) is 0 Å². The molecule has 0 aromatic rings. The Morgan fingerprint density at radius 2 is 1.27 bits per heavy atom. The van der Waals surface area contributed by atoms with Crippen molar-refractivity contribution in [1.82, 2.24) is 0 Å². The summed E-state index contributed by atoms with van der Waals surface area (Å²) in [6.45, 7) is 2.22. The number of carboxylic acids is 1. The third-order valence-electron chi connectivity index (χ3n) is 2.48. The first kappa shape index (κ1) is 18.5. The Morgan fingerprint density at radius 1 is 0.867 bits per heavy atom. The van der Waals surface area contributed by atoms with E-state index >= 15 is 0 Å². The van der Waals surface area contributed by atoms with Crippen LogP contribution in [-0.4, -0.2) is 5.97 Å². The molecule has 3 heteroatoms. The van der Waals surface area contributed by atoms with Gasteiger partial charge in [-0.1, -0.05) is 58.3 Å². The number of aliphatic carboxylic acids is 1. The van der Waals surface area contributed by atoms with E-state index in [0.717, 1.165) is 12.8 Å². The average molecular weight is 238 g/mol. The Kier molecular flexibility index (Phi) is 18.6. The summed E-state index contributed by atoms with van der Waals surface area (Å²) >= 11 is 0. The van der Waals surface area contributed by atoms with E-state index in [1.165, 1.54) is 44.9 Å². The first-order valence-corrected chi connectivity index (χ1v) is 5.97. The van der Waals surface area contributed by atoms with Crippen LogP contribution in [0.5, 0.6) is 0 Å². The van der Waals surface area contributed by atoms with Crippen molar-refractivity contribution >= 4 is 5.97 Å². The molecule has 0 aromatic heterocycles. The summed E-state index contributed by atoms with van der Waals surface area (Å²) < 4.78 is 0. The van der Waals surface area contributed by atoms with Gasteiger partial charge in [-0.25, -0.2) is 0 Å². The predicted molar refractivity (Wildman–Crippen MR) is 56.9 cm³/mol. The van der Waals surface area contributed by atoms with Gasteiger partial charge in [0.25, 0.3) is 0 Å². The van der Waals surface area contributed by atoms with Crippen LogP contribution < -0.4 is 56.5 Å². The molecule has 0 heterocycles. The van der Waals surface area contributed by atoms with Gasteiger partial charge in [-0.05, 0) is 12.8 Å². The monoisotopic (exact) mass is 238 g/mol. The van der Waals surface area contributed by atoms with Crippen LogP contribution in [0.2, 0.25) is 0 Å². The molecule has 0 aliphatic carbocycles. The van der Waals surface area contributed by atoms with Gasteiger partial charge in [0.15, 0.2) is 0 Å². The maximum Gasteiger partial charge on any atom is 1.00 e. The number of hydrogen-bond donors (Lipinski definition) is 0. The summed E-state index contributed by atoms with van der Waals surface area (Å²) in [5.74, 6) is -0.909. The van der Waals surface area contributed by atoms with Gasteiger partial charge < -0.3 is 9.90 Å². The van der Waals surface area contributed by atoms with Crippen LogP contribution in [0.1, 0.15) is 71.1 Å². The van der Waals surface area contributed by atoms with E-state index in [4.69, 9.17) is 0 Å². The molecule has 0 rings (SSSR count). The second-order valence-electron chi connectivity index (χ2n) is 3.95. The number of hydrogen-bond acceptors (Lipinski definition) is 2. The standard InChI is InChI=1S/C12H24O2.K/c1-2-3-4-5-6-7-8-9-10-11-12(13)14;/h2-11H2,1H3,(H,13,14);/q;+1/p-1. The molecule has 0 spiro atoms. The minimum Gasteiger partial charge on any atom is -0.550 e. The Labute approximate surface area is 137 Å². The zero-order chi connectivity index (χ0) is 10.6. The Balaban J connectivity index is 0. The summed E-state index contributed by atoms with van der Waals surface area (Å²) in [4.78, 5) is 10.1. The number of rotatable bonds is 10. The quantitative estimate of drug-likeness (QED) is 0.386. The fourth-order valence-corrected chi connectivity index (χ4v) is 1.58. The van der Waals surface area contributed by atoms with Crippen LogP contribution in [0.25, 0.3) is 0 Å². The van der Waals surface area contributed by atoms with Gasteiger partial charge in [0.2, 0.25) is 0 Å². The van der Waals surface area contributed by atoms with Gasteiger partial charge in [0, 0.05) is 5.97 Å². The number of carboxylic acid groups (broad SMARTS) is 1. The molecule has 0 amide bonds. The van der Waals surface area contributed by atoms with Crippen LogP contribution in [-0.2, 0) is 4.79 Å². The molecule has 0 unspecified atom stereocenters. The number of unbranched alkanes of at least 4 members (excludes halogenated alkanes) is 8. The van der Waals surface area contributed by atoms with E-state index < -0.39 is 5.97 Å². The minimum absolute atomic E-state index is 0. The molecule has 84 valence electrons. The van der Waals surface area contributed by atoms with E-state index in [1.807, 2.05) is 0 Å². The van der Waals surface area contributed by atoms with Crippen LogP contribution >= 0.6 is 0 Å². The molecule has 0 atom stereocenters. The van der Waals surface area contributed by atoms with Gasteiger partial charge in [0.05, 0.1) is 0 Å². The molecular weight excluding hydrogens is 215 g/mol. The second-order valence-corrected chi connectivity index (χ2v) is 3.95. The third kappa shape index (κ3) is 17.7. The molecule has 0 aliphatic rings. The third-order valence-corrected chi connectivity index (χ3v) is 2.48. The van der Waals surface area contributed by atoms with Gasteiger partial charge in [-0.3, -0.25) is 0 Å². The minimum atomic E-state index is -0.909. The van der Waals surface area contributed by atoms with Crippen molar-refractivity contribution < 1.29 is 61.3 Å². The molecule has 0 aliphatic heterocycles. The van der Waals surface area contributed by atoms with Crippen LogP contribution in [0.3, 0.4) is 0 Å². The van der Waals surface area contributed by atoms with Gasteiger partial charge >= 0.3 is 51.4 Å². The second kappa shape index (κ2) is 15.1. The molecule has 0 fully saturated rings. The van der Waals surface area contributed by atoms with Gasteiger partial charge in [-0.15, -0.1) is 0 Å². The molecule has 2 nitrogen and oxygen atoms in total. The van der Waals surface area contributed by atoms with Crippen LogP contribution in [0.15, 0.2) is 0 Å². The van der Waals surface area contributed by atoms with Crippen molar-refractivity contribution in [3.63, 3.8) is 0 Å². The Bertz CT molecular complexity index is 138. The smallest absolute Gasteiger partial charge is 0.550 e. The van der Waals surface area contributed by atoms with Crippen LogP contribution in [0, 0.1) is 0 Å². The molecule has 0 saturated heterocycles. The fourth-order valence-electron chi connectivity index (χ4n) is 1.58. The number of carbonyl (C=O) groups excluding carboxylic acids is 1. The fraction of sp³-hybridized carbons (Fsp3) is 0.917. The maximum atomic E-state index is 10.1. The van der Waals surface area contributed by atoms with Gasteiger partial charge in [0.1, 0.15) is 0 Å². The van der Waals surface area contributed by atoms with Crippen molar-refractivity contribution in [2.75, 3.05) is 0 Å². The van der Waals surface area contributed by atoms with E-state index in [9.17, 15) is 9.90 Å². The van der Waals surface area contributed by atoms with Crippen molar-refractivity contribution in [2.24, 2.45) is 0 Å². The molecule has 0 N–H and O–H groups in total.